The predicted molar refractivity (Wildman–Crippen MR) is 82.3 cm³/mol. The van der Waals surface area contributed by atoms with E-state index < -0.39 is 6.04 Å². The van der Waals surface area contributed by atoms with Gasteiger partial charge in [-0.1, -0.05) is 13.8 Å². The van der Waals surface area contributed by atoms with Gasteiger partial charge in [0.2, 0.25) is 5.91 Å². The highest BCUT2D eigenvalue weighted by molar-refractivity contribution is 6.05. The second kappa shape index (κ2) is 7.58. The van der Waals surface area contributed by atoms with Crippen molar-refractivity contribution in [3.63, 3.8) is 0 Å². The van der Waals surface area contributed by atoms with Crippen molar-refractivity contribution in [1.29, 1.82) is 0 Å². The second-order valence-corrected chi connectivity index (χ2v) is 5.86. The molecular weight excluding hydrogens is 284 g/mol. The Morgan fingerprint density at radius 2 is 1.95 bits per heavy atom. The van der Waals surface area contributed by atoms with Crippen LogP contribution in [-0.2, 0) is 9.59 Å². The number of hydrogen-bond acceptors (Lipinski definition) is 4. The SMILES string of the molecule is CCCN1C(=O)N[C@H](CC(=O)N2CCCN(CC)CC2)C1=O. The molecule has 0 aromatic rings. The van der Waals surface area contributed by atoms with Gasteiger partial charge in [0, 0.05) is 26.2 Å². The normalized spacial score (nSPS) is 23.6. The zero-order chi connectivity index (χ0) is 16.1. The van der Waals surface area contributed by atoms with Crippen molar-refractivity contribution in [3.8, 4) is 0 Å². The minimum Gasteiger partial charge on any atom is -0.341 e. The van der Waals surface area contributed by atoms with Crippen molar-refractivity contribution in [3.05, 3.63) is 0 Å². The summed E-state index contributed by atoms with van der Waals surface area (Å²) in [6.45, 7) is 8.72. The number of nitrogens with one attached hydrogen (secondary N) is 1. The molecule has 0 bridgehead atoms. The highest BCUT2D eigenvalue weighted by Gasteiger charge is 2.39. The lowest BCUT2D eigenvalue weighted by atomic mass is 10.2. The summed E-state index contributed by atoms with van der Waals surface area (Å²) < 4.78 is 0. The van der Waals surface area contributed by atoms with Gasteiger partial charge in [0.15, 0.2) is 0 Å². The molecule has 2 heterocycles. The summed E-state index contributed by atoms with van der Waals surface area (Å²) in [6, 6.07) is -1.07. The number of urea groups is 1. The molecular formula is C15H26N4O3. The molecule has 124 valence electrons. The molecule has 2 saturated heterocycles. The van der Waals surface area contributed by atoms with Crippen LogP contribution < -0.4 is 5.32 Å². The summed E-state index contributed by atoms with van der Waals surface area (Å²) in [6.07, 6.45) is 1.74. The van der Waals surface area contributed by atoms with E-state index in [2.05, 4.69) is 17.1 Å². The van der Waals surface area contributed by atoms with Gasteiger partial charge in [-0.25, -0.2) is 4.79 Å². The van der Waals surface area contributed by atoms with Crippen LogP contribution in [0.1, 0.15) is 33.1 Å². The zero-order valence-electron chi connectivity index (χ0n) is 13.5. The van der Waals surface area contributed by atoms with E-state index in [9.17, 15) is 14.4 Å². The van der Waals surface area contributed by atoms with Gasteiger partial charge < -0.3 is 15.1 Å². The topological polar surface area (TPSA) is 73.0 Å². The molecule has 0 aromatic heterocycles. The van der Waals surface area contributed by atoms with Crippen LogP contribution in [0.5, 0.6) is 0 Å². The van der Waals surface area contributed by atoms with Crippen molar-refractivity contribution < 1.29 is 14.4 Å². The molecule has 2 fully saturated rings. The molecule has 0 aliphatic carbocycles. The maximum Gasteiger partial charge on any atom is 0.324 e. The van der Waals surface area contributed by atoms with Gasteiger partial charge in [-0.15, -0.1) is 0 Å². The molecule has 4 amide bonds. The molecule has 0 saturated carbocycles. The third kappa shape index (κ3) is 3.76. The maximum absolute atomic E-state index is 12.4. The zero-order valence-corrected chi connectivity index (χ0v) is 13.5. The Morgan fingerprint density at radius 3 is 2.64 bits per heavy atom. The Kier molecular flexibility index (Phi) is 5.76. The molecule has 22 heavy (non-hydrogen) atoms. The quantitative estimate of drug-likeness (QED) is 0.739. The first-order chi connectivity index (χ1) is 10.6. The number of imide groups is 1. The van der Waals surface area contributed by atoms with E-state index in [4.69, 9.17) is 0 Å². The van der Waals surface area contributed by atoms with Crippen molar-refractivity contribution in [1.82, 2.24) is 20.0 Å². The van der Waals surface area contributed by atoms with Crippen LogP contribution in [0.15, 0.2) is 0 Å². The van der Waals surface area contributed by atoms with Gasteiger partial charge in [0.05, 0.1) is 6.42 Å². The molecule has 2 aliphatic heterocycles. The number of likely N-dealkylation sites (N-methyl/N-ethyl adjacent to an activating group) is 1. The van der Waals surface area contributed by atoms with Crippen LogP contribution >= 0.6 is 0 Å². The molecule has 7 nitrogen and oxygen atoms in total. The number of rotatable bonds is 5. The Morgan fingerprint density at radius 1 is 1.18 bits per heavy atom. The predicted octanol–water partition coefficient (Wildman–Crippen LogP) is 0.261. The Balaban J connectivity index is 1.89. The lowest BCUT2D eigenvalue weighted by Crippen LogP contribution is -2.40. The smallest absolute Gasteiger partial charge is 0.324 e. The van der Waals surface area contributed by atoms with Crippen molar-refractivity contribution in [2.24, 2.45) is 0 Å². The Labute approximate surface area is 131 Å². The summed E-state index contributed by atoms with van der Waals surface area (Å²) >= 11 is 0. The van der Waals surface area contributed by atoms with Crippen LogP contribution in [0.4, 0.5) is 4.79 Å². The highest BCUT2D eigenvalue weighted by Crippen LogP contribution is 2.13. The lowest BCUT2D eigenvalue weighted by Gasteiger charge is -2.22. The van der Waals surface area contributed by atoms with Crippen LogP contribution in [-0.4, -0.2) is 77.9 Å². The standard InChI is InChI=1S/C15H26N4O3/c1-3-6-19-14(21)12(16-15(19)22)11-13(20)18-8-5-7-17(4-2)9-10-18/h12H,3-11H2,1-2H3,(H,16,22)/t12-/m1/s1. The maximum atomic E-state index is 12.4. The fourth-order valence-electron chi connectivity index (χ4n) is 2.99. The van der Waals surface area contributed by atoms with Gasteiger partial charge in [-0.3, -0.25) is 14.5 Å². The first kappa shape index (κ1) is 16.7. The third-order valence-corrected chi connectivity index (χ3v) is 4.32. The molecule has 2 aliphatic rings. The Bertz CT molecular complexity index is 441. The number of nitrogens with zero attached hydrogens (tertiary/aromatic N) is 3. The van der Waals surface area contributed by atoms with Gasteiger partial charge in [0.25, 0.3) is 5.91 Å². The highest BCUT2D eigenvalue weighted by atomic mass is 16.2. The van der Waals surface area contributed by atoms with E-state index in [-0.39, 0.29) is 24.3 Å². The van der Waals surface area contributed by atoms with Crippen molar-refractivity contribution in [2.75, 3.05) is 39.3 Å². The first-order valence-corrected chi connectivity index (χ1v) is 8.18. The molecule has 0 unspecified atom stereocenters. The van der Waals surface area contributed by atoms with Gasteiger partial charge in [0.1, 0.15) is 6.04 Å². The fourth-order valence-corrected chi connectivity index (χ4v) is 2.99. The molecule has 1 N–H and O–H groups in total. The van der Waals surface area contributed by atoms with E-state index in [1.165, 1.54) is 4.90 Å². The average Bonchev–Trinajstić information content (AvgIpc) is 2.71. The number of hydrogen-bond donors (Lipinski definition) is 1. The van der Waals surface area contributed by atoms with Gasteiger partial charge in [-0.05, 0) is 25.9 Å². The van der Waals surface area contributed by atoms with Crippen molar-refractivity contribution in [2.45, 2.75) is 39.2 Å². The minimum atomic E-state index is -0.697. The molecule has 0 spiro atoms. The van der Waals surface area contributed by atoms with E-state index in [1.54, 1.807) is 0 Å². The first-order valence-electron chi connectivity index (χ1n) is 8.18. The van der Waals surface area contributed by atoms with Crippen LogP contribution in [0.3, 0.4) is 0 Å². The van der Waals surface area contributed by atoms with E-state index in [0.29, 0.717) is 13.1 Å². The van der Waals surface area contributed by atoms with E-state index >= 15 is 0 Å². The second-order valence-electron chi connectivity index (χ2n) is 5.86. The summed E-state index contributed by atoms with van der Waals surface area (Å²) in [5, 5.41) is 2.62. The summed E-state index contributed by atoms with van der Waals surface area (Å²) in [5.41, 5.74) is 0. The lowest BCUT2D eigenvalue weighted by molar-refractivity contribution is -0.135. The summed E-state index contributed by atoms with van der Waals surface area (Å²) in [5.74, 6) is -0.319. The van der Waals surface area contributed by atoms with Crippen LogP contribution in [0.25, 0.3) is 0 Å². The number of carbonyl (C=O) groups is 3. The van der Waals surface area contributed by atoms with E-state index in [0.717, 1.165) is 39.0 Å². The minimum absolute atomic E-state index is 0.0463. The largest absolute Gasteiger partial charge is 0.341 e. The Hall–Kier alpha value is -1.63. The monoisotopic (exact) mass is 310 g/mol. The molecule has 2 rings (SSSR count). The molecule has 0 radical (unpaired) electrons. The van der Waals surface area contributed by atoms with Gasteiger partial charge >= 0.3 is 6.03 Å². The van der Waals surface area contributed by atoms with Crippen LogP contribution in [0.2, 0.25) is 0 Å². The number of carbonyl (C=O) groups excluding carboxylic acids is 3. The summed E-state index contributed by atoms with van der Waals surface area (Å²) in [4.78, 5) is 41.6. The van der Waals surface area contributed by atoms with Gasteiger partial charge in [-0.2, -0.15) is 0 Å². The summed E-state index contributed by atoms with van der Waals surface area (Å²) in [7, 11) is 0. The molecule has 1 atom stereocenters. The average molecular weight is 310 g/mol. The van der Waals surface area contributed by atoms with Crippen LogP contribution in [0, 0.1) is 0 Å². The molecule has 7 heteroatoms. The third-order valence-electron chi connectivity index (χ3n) is 4.32. The van der Waals surface area contributed by atoms with Crippen molar-refractivity contribution >= 4 is 17.8 Å². The molecule has 0 aromatic carbocycles. The number of amides is 4. The fraction of sp³-hybridized carbons (Fsp3) is 0.800. The van der Waals surface area contributed by atoms with E-state index in [1.807, 2.05) is 11.8 Å².